The second kappa shape index (κ2) is 5.09. The van der Waals surface area contributed by atoms with Crippen LogP contribution < -0.4 is 10.0 Å². The Labute approximate surface area is 115 Å². The van der Waals surface area contributed by atoms with Gasteiger partial charge in [0.05, 0.1) is 6.61 Å². The van der Waals surface area contributed by atoms with E-state index in [-0.39, 0.29) is 25.5 Å². The maximum absolute atomic E-state index is 11.9. The lowest BCUT2D eigenvalue weighted by Gasteiger charge is -2.19. The number of benzene rings is 1. The molecule has 1 aliphatic heterocycles. The number of anilines is 1. The fourth-order valence-electron chi connectivity index (χ4n) is 2.07. The van der Waals surface area contributed by atoms with Gasteiger partial charge in [-0.1, -0.05) is 11.6 Å². The summed E-state index contributed by atoms with van der Waals surface area (Å²) in [4.78, 5) is 13.2. The number of carbonyl (C=O) groups excluding carboxylic acids is 1. The van der Waals surface area contributed by atoms with Crippen LogP contribution in [-0.2, 0) is 21.4 Å². The number of aliphatic hydroxyl groups is 1. The van der Waals surface area contributed by atoms with E-state index in [9.17, 15) is 18.3 Å². The number of amides is 1. The highest BCUT2D eigenvalue weighted by molar-refractivity contribution is 7.89. The number of aliphatic hydroxyl groups excluding tert-OH is 1. The van der Waals surface area contributed by atoms with Gasteiger partial charge in [-0.2, -0.15) is 0 Å². The van der Waals surface area contributed by atoms with E-state index in [0.29, 0.717) is 16.3 Å². The fraction of sp³-hybridized carbons (Fsp3) is 0.364. The molecule has 1 amide bonds. The Hall–Kier alpha value is -1.15. The van der Waals surface area contributed by atoms with E-state index >= 15 is 0 Å². The zero-order chi connectivity index (χ0) is 14.2. The summed E-state index contributed by atoms with van der Waals surface area (Å²) in [5.74, 6) is -0.337. The van der Waals surface area contributed by atoms with Gasteiger partial charge in [0.2, 0.25) is 15.9 Å². The second-order valence-electron chi connectivity index (χ2n) is 4.35. The SMILES string of the molecule is NS(=O)(=O)C1CC(=O)N(c2ccc(Cl)cc2CO)C1. The van der Waals surface area contributed by atoms with Crippen LogP contribution in [0, 0.1) is 0 Å². The molecular formula is C11H13ClN2O4S. The highest BCUT2D eigenvalue weighted by Crippen LogP contribution is 2.29. The Bertz CT molecular complexity index is 617. The van der Waals surface area contributed by atoms with Crippen molar-refractivity contribution in [2.24, 2.45) is 5.14 Å². The minimum Gasteiger partial charge on any atom is -0.392 e. The van der Waals surface area contributed by atoms with Crippen LogP contribution in [-0.4, -0.2) is 31.2 Å². The predicted octanol–water partition coefficient (Wildman–Crippen LogP) is 0.226. The molecule has 0 saturated carbocycles. The summed E-state index contributed by atoms with van der Waals surface area (Å²) in [6, 6.07) is 4.69. The summed E-state index contributed by atoms with van der Waals surface area (Å²) in [7, 11) is -3.76. The van der Waals surface area contributed by atoms with Crippen molar-refractivity contribution in [3.63, 3.8) is 0 Å². The second-order valence-corrected chi connectivity index (χ2v) is 6.63. The third-order valence-electron chi connectivity index (χ3n) is 3.06. The fourth-order valence-corrected chi connectivity index (χ4v) is 3.00. The molecule has 2 rings (SSSR count). The number of halogens is 1. The third kappa shape index (κ3) is 2.89. The van der Waals surface area contributed by atoms with Gasteiger partial charge in [0.1, 0.15) is 5.25 Å². The molecule has 1 aliphatic rings. The smallest absolute Gasteiger partial charge is 0.228 e. The molecule has 104 valence electrons. The quantitative estimate of drug-likeness (QED) is 0.834. The zero-order valence-electron chi connectivity index (χ0n) is 9.91. The molecule has 1 unspecified atom stereocenters. The first-order valence-electron chi connectivity index (χ1n) is 5.54. The van der Waals surface area contributed by atoms with Crippen LogP contribution in [0.25, 0.3) is 0 Å². The molecule has 3 N–H and O–H groups in total. The number of hydrogen-bond donors (Lipinski definition) is 2. The minimum absolute atomic E-state index is 0.00764. The molecule has 0 spiro atoms. The van der Waals surface area contributed by atoms with Crippen LogP contribution >= 0.6 is 11.6 Å². The summed E-state index contributed by atoms with van der Waals surface area (Å²) in [6.07, 6.45) is -0.146. The molecule has 0 radical (unpaired) electrons. The first kappa shape index (κ1) is 14.3. The molecule has 19 heavy (non-hydrogen) atoms. The Morgan fingerprint density at radius 2 is 2.16 bits per heavy atom. The number of nitrogens with zero attached hydrogens (tertiary/aromatic N) is 1. The number of primary sulfonamides is 1. The van der Waals surface area contributed by atoms with E-state index in [0.717, 1.165) is 0 Å². The zero-order valence-corrected chi connectivity index (χ0v) is 11.5. The average molecular weight is 305 g/mol. The van der Waals surface area contributed by atoms with E-state index < -0.39 is 15.3 Å². The first-order chi connectivity index (χ1) is 8.82. The van der Waals surface area contributed by atoms with E-state index in [4.69, 9.17) is 16.7 Å². The van der Waals surface area contributed by atoms with Gasteiger partial charge in [-0.05, 0) is 18.2 Å². The summed E-state index contributed by atoms with van der Waals surface area (Å²) >= 11 is 5.81. The van der Waals surface area contributed by atoms with Crippen LogP contribution in [0.3, 0.4) is 0 Å². The largest absolute Gasteiger partial charge is 0.392 e. The highest BCUT2D eigenvalue weighted by atomic mass is 35.5. The lowest BCUT2D eigenvalue weighted by atomic mass is 10.1. The van der Waals surface area contributed by atoms with Crippen LogP contribution in [0.2, 0.25) is 5.02 Å². The highest BCUT2D eigenvalue weighted by Gasteiger charge is 2.37. The molecule has 8 heteroatoms. The van der Waals surface area contributed by atoms with E-state index in [1.807, 2.05) is 0 Å². The molecule has 0 aromatic heterocycles. The number of nitrogens with two attached hydrogens (primary N) is 1. The Balaban J connectivity index is 2.36. The van der Waals surface area contributed by atoms with Crippen molar-refractivity contribution in [3.8, 4) is 0 Å². The van der Waals surface area contributed by atoms with E-state index in [1.165, 1.54) is 11.0 Å². The van der Waals surface area contributed by atoms with Crippen LogP contribution in [0.4, 0.5) is 5.69 Å². The summed E-state index contributed by atoms with van der Waals surface area (Å²) in [5.41, 5.74) is 0.930. The minimum atomic E-state index is -3.76. The number of hydrogen-bond acceptors (Lipinski definition) is 4. The van der Waals surface area contributed by atoms with Crippen molar-refractivity contribution in [2.75, 3.05) is 11.4 Å². The van der Waals surface area contributed by atoms with Crippen molar-refractivity contribution < 1.29 is 18.3 Å². The van der Waals surface area contributed by atoms with Crippen molar-refractivity contribution >= 4 is 33.2 Å². The summed E-state index contributed by atoms with van der Waals surface area (Å²) in [5, 5.41) is 13.9. The Morgan fingerprint density at radius 1 is 1.47 bits per heavy atom. The maximum atomic E-state index is 11.9. The molecule has 1 aromatic carbocycles. The molecule has 0 bridgehead atoms. The molecule has 1 heterocycles. The number of carbonyl (C=O) groups is 1. The Morgan fingerprint density at radius 3 is 2.68 bits per heavy atom. The molecular weight excluding hydrogens is 292 g/mol. The standard InChI is InChI=1S/C11H13ClN2O4S/c12-8-1-2-10(7(3-8)6-15)14-5-9(4-11(14)16)19(13,17)18/h1-3,9,15H,4-6H2,(H2,13,17,18). The van der Waals surface area contributed by atoms with Crippen LogP contribution in [0.15, 0.2) is 18.2 Å². The monoisotopic (exact) mass is 304 g/mol. The van der Waals surface area contributed by atoms with Gasteiger partial charge in [-0.15, -0.1) is 0 Å². The van der Waals surface area contributed by atoms with Crippen LogP contribution in [0.5, 0.6) is 0 Å². The van der Waals surface area contributed by atoms with E-state index in [1.54, 1.807) is 12.1 Å². The Kier molecular flexibility index (Phi) is 3.82. The van der Waals surface area contributed by atoms with E-state index in [2.05, 4.69) is 0 Å². The van der Waals surface area contributed by atoms with Crippen LogP contribution in [0.1, 0.15) is 12.0 Å². The molecule has 1 aromatic rings. The summed E-state index contributed by atoms with van der Waals surface area (Å²) < 4.78 is 22.6. The van der Waals surface area contributed by atoms with Gasteiger partial charge in [0, 0.05) is 29.2 Å². The lowest BCUT2D eigenvalue weighted by Crippen LogP contribution is -2.32. The topological polar surface area (TPSA) is 101 Å². The van der Waals surface area contributed by atoms with Gasteiger partial charge in [0.15, 0.2) is 0 Å². The first-order valence-corrected chi connectivity index (χ1v) is 7.53. The lowest BCUT2D eigenvalue weighted by molar-refractivity contribution is -0.117. The predicted molar refractivity (Wildman–Crippen MR) is 71.2 cm³/mol. The molecule has 1 fully saturated rings. The van der Waals surface area contributed by atoms with Crippen molar-refractivity contribution in [2.45, 2.75) is 18.3 Å². The van der Waals surface area contributed by atoms with Gasteiger partial charge >= 0.3 is 0 Å². The normalized spacial score (nSPS) is 20.1. The van der Waals surface area contributed by atoms with Crippen molar-refractivity contribution in [1.82, 2.24) is 0 Å². The van der Waals surface area contributed by atoms with Crippen molar-refractivity contribution in [3.05, 3.63) is 28.8 Å². The summed E-state index contributed by atoms with van der Waals surface area (Å²) in [6.45, 7) is -0.300. The molecule has 1 atom stereocenters. The van der Waals surface area contributed by atoms with Gasteiger partial charge in [-0.25, -0.2) is 13.6 Å². The molecule has 0 aliphatic carbocycles. The molecule has 1 saturated heterocycles. The average Bonchev–Trinajstić information content (AvgIpc) is 2.71. The maximum Gasteiger partial charge on any atom is 0.228 e. The van der Waals surface area contributed by atoms with Gasteiger partial charge in [-0.3, -0.25) is 4.79 Å². The molecule has 6 nitrogen and oxygen atoms in total. The van der Waals surface area contributed by atoms with Gasteiger partial charge in [0.25, 0.3) is 0 Å². The number of sulfonamides is 1. The van der Waals surface area contributed by atoms with Crippen molar-refractivity contribution in [1.29, 1.82) is 0 Å². The third-order valence-corrected chi connectivity index (χ3v) is 4.54. The van der Waals surface area contributed by atoms with Gasteiger partial charge < -0.3 is 10.0 Å². The number of rotatable bonds is 3.